The lowest BCUT2D eigenvalue weighted by Gasteiger charge is -2.24. The first-order valence-corrected chi connectivity index (χ1v) is 7.08. The molecule has 1 aliphatic rings. The van der Waals surface area contributed by atoms with Crippen molar-refractivity contribution in [3.8, 4) is 0 Å². The van der Waals surface area contributed by atoms with E-state index in [0.29, 0.717) is 5.92 Å². The lowest BCUT2D eigenvalue weighted by Crippen LogP contribution is -2.33. The molecule has 3 atom stereocenters. The molecule has 3 unspecified atom stereocenters. The summed E-state index contributed by atoms with van der Waals surface area (Å²) in [4.78, 5) is 4.38. The van der Waals surface area contributed by atoms with Crippen LogP contribution >= 0.6 is 0 Å². The van der Waals surface area contributed by atoms with E-state index in [-0.39, 0.29) is 6.04 Å². The predicted molar refractivity (Wildman–Crippen MR) is 78.3 cm³/mol. The molecule has 0 radical (unpaired) electrons. The van der Waals surface area contributed by atoms with Crippen LogP contribution < -0.4 is 11.3 Å². The van der Waals surface area contributed by atoms with E-state index < -0.39 is 0 Å². The molecule has 3 rings (SSSR count). The van der Waals surface area contributed by atoms with E-state index in [9.17, 15) is 0 Å². The van der Waals surface area contributed by atoms with E-state index in [0.717, 1.165) is 5.92 Å². The van der Waals surface area contributed by atoms with Gasteiger partial charge in [-0.1, -0.05) is 37.6 Å². The second-order valence-electron chi connectivity index (χ2n) is 5.77. The van der Waals surface area contributed by atoms with Crippen molar-refractivity contribution in [2.75, 3.05) is 0 Å². The molecule has 1 saturated carbocycles. The summed E-state index contributed by atoms with van der Waals surface area (Å²) in [6, 6.07) is 8.61. The maximum absolute atomic E-state index is 5.84. The molecule has 0 bridgehead atoms. The van der Waals surface area contributed by atoms with Gasteiger partial charge in [0.05, 0.1) is 6.04 Å². The summed E-state index contributed by atoms with van der Waals surface area (Å²) in [6.07, 6.45) is 7.69. The van der Waals surface area contributed by atoms with Gasteiger partial charge in [0.1, 0.15) is 0 Å². The zero-order valence-corrected chi connectivity index (χ0v) is 11.3. The summed E-state index contributed by atoms with van der Waals surface area (Å²) in [5.74, 6) is 7.27. The number of nitrogens with zero attached hydrogens (tertiary/aromatic N) is 1. The van der Waals surface area contributed by atoms with Gasteiger partial charge in [-0.3, -0.25) is 16.3 Å². The highest BCUT2D eigenvalue weighted by Crippen LogP contribution is 2.39. The molecule has 1 aromatic carbocycles. The minimum absolute atomic E-state index is 0.212. The van der Waals surface area contributed by atoms with Crippen LogP contribution in [0.5, 0.6) is 0 Å². The molecule has 100 valence electrons. The lowest BCUT2D eigenvalue weighted by molar-refractivity contribution is 0.365. The summed E-state index contributed by atoms with van der Waals surface area (Å²) in [5.41, 5.74) is 4.27. The van der Waals surface area contributed by atoms with Gasteiger partial charge in [0.2, 0.25) is 0 Å². The highest BCUT2D eigenvalue weighted by atomic mass is 15.2. The number of pyridine rings is 1. The standard InChI is InChI=1S/C16H21N3/c1-11-6-7-12(8-11)16(19-17)15-10-18-9-13-4-2-3-5-14(13)15/h2-5,9-12,16,19H,6-8,17H2,1H3. The first kappa shape index (κ1) is 12.6. The number of aromatic nitrogens is 1. The number of nitrogens with two attached hydrogens (primary N) is 1. The highest BCUT2D eigenvalue weighted by molar-refractivity contribution is 5.85. The van der Waals surface area contributed by atoms with Gasteiger partial charge in [-0.25, -0.2) is 0 Å². The van der Waals surface area contributed by atoms with Crippen molar-refractivity contribution in [3.05, 3.63) is 42.2 Å². The van der Waals surface area contributed by atoms with Gasteiger partial charge in [0.25, 0.3) is 0 Å². The van der Waals surface area contributed by atoms with Crippen molar-refractivity contribution < 1.29 is 0 Å². The Kier molecular flexibility index (Phi) is 3.49. The Labute approximate surface area is 114 Å². The predicted octanol–water partition coefficient (Wildman–Crippen LogP) is 3.18. The Morgan fingerprint density at radius 3 is 2.84 bits per heavy atom. The second kappa shape index (κ2) is 5.27. The van der Waals surface area contributed by atoms with Crippen LogP contribution in [0.3, 0.4) is 0 Å². The molecule has 1 aromatic heterocycles. The van der Waals surface area contributed by atoms with Crippen LogP contribution in [0.2, 0.25) is 0 Å². The van der Waals surface area contributed by atoms with Crippen molar-refractivity contribution >= 4 is 10.8 Å². The molecule has 19 heavy (non-hydrogen) atoms. The van der Waals surface area contributed by atoms with Crippen molar-refractivity contribution in [3.63, 3.8) is 0 Å². The van der Waals surface area contributed by atoms with Crippen molar-refractivity contribution in [2.45, 2.75) is 32.2 Å². The Morgan fingerprint density at radius 1 is 1.26 bits per heavy atom. The molecule has 3 N–H and O–H groups in total. The van der Waals surface area contributed by atoms with E-state index in [2.05, 4.69) is 41.6 Å². The van der Waals surface area contributed by atoms with E-state index in [1.807, 2.05) is 12.4 Å². The second-order valence-corrected chi connectivity index (χ2v) is 5.77. The zero-order valence-electron chi connectivity index (χ0n) is 11.3. The molecule has 0 saturated heterocycles. The molecule has 0 spiro atoms. The minimum Gasteiger partial charge on any atom is -0.271 e. The number of nitrogens with one attached hydrogen (secondary N) is 1. The topological polar surface area (TPSA) is 50.9 Å². The fourth-order valence-corrected chi connectivity index (χ4v) is 3.42. The monoisotopic (exact) mass is 255 g/mol. The third kappa shape index (κ3) is 2.36. The van der Waals surface area contributed by atoms with Crippen LogP contribution in [0.4, 0.5) is 0 Å². The molecule has 3 heteroatoms. The third-order valence-electron chi connectivity index (χ3n) is 4.42. The van der Waals surface area contributed by atoms with E-state index in [1.165, 1.54) is 35.6 Å². The lowest BCUT2D eigenvalue weighted by atomic mass is 9.90. The summed E-state index contributed by atoms with van der Waals surface area (Å²) in [6.45, 7) is 2.33. The maximum atomic E-state index is 5.84. The molecule has 1 heterocycles. The van der Waals surface area contributed by atoms with Crippen LogP contribution in [-0.2, 0) is 0 Å². The average Bonchev–Trinajstić information content (AvgIpc) is 2.86. The molecule has 1 fully saturated rings. The van der Waals surface area contributed by atoms with Crippen LogP contribution in [0.15, 0.2) is 36.7 Å². The summed E-state index contributed by atoms with van der Waals surface area (Å²) in [5, 5.41) is 2.45. The first-order valence-electron chi connectivity index (χ1n) is 7.08. The van der Waals surface area contributed by atoms with Gasteiger partial charge in [-0.05, 0) is 35.6 Å². The smallest absolute Gasteiger partial charge is 0.0509 e. The molecular weight excluding hydrogens is 234 g/mol. The zero-order chi connectivity index (χ0) is 13.2. The van der Waals surface area contributed by atoms with Crippen LogP contribution in [0.25, 0.3) is 10.8 Å². The summed E-state index contributed by atoms with van der Waals surface area (Å²) in [7, 11) is 0. The Morgan fingerprint density at radius 2 is 2.11 bits per heavy atom. The van der Waals surface area contributed by atoms with Crippen molar-refractivity contribution in [1.29, 1.82) is 0 Å². The Hall–Kier alpha value is -1.45. The first-order chi connectivity index (χ1) is 9.29. The van der Waals surface area contributed by atoms with Crippen LogP contribution in [0.1, 0.15) is 37.8 Å². The average molecular weight is 255 g/mol. The molecule has 0 aliphatic heterocycles. The molecule has 1 aliphatic carbocycles. The normalized spacial score (nSPS) is 24.7. The maximum Gasteiger partial charge on any atom is 0.0509 e. The number of hydrogen-bond donors (Lipinski definition) is 2. The summed E-state index contributed by atoms with van der Waals surface area (Å²) >= 11 is 0. The Bertz CT molecular complexity index is 561. The fourth-order valence-electron chi connectivity index (χ4n) is 3.42. The molecular formula is C16H21N3. The van der Waals surface area contributed by atoms with Gasteiger partial charge >= 0.3 is 0 Å². The van der Waals surface area contributed by atoms with Gasteiger partial charge in [-0.15, -0.1) is 0 Å². The van der Waals surface area contributed by atoms with Crippen molar-refractivity contribution in [2.24, 2.45) is 17.7 Å². The van der Waals surface area contributed by atoms with Gasteiger partial charge in [-0.2, -0.15) is 0 Å². The largest absolute Gasteiger partial charge is 0.271 e. The number of hydrazine groups is 1. The minimum atomic E-state index is 0.212. The molecule has 2 aromatic rings. The van der Waals surface area contributed by atoms with E-state index in [4.69, 9.17) is 5.84 Å². The van der Waals surface area contributed by atoms with Crippen LogP contribution in [0, 0.1) is 11.8 Å². The fraction of sp³-hybridized carbons (Fsp3) is 0.438. The van der Waals surface area contributed by atoms with E-state index >= 15 is 0 Å². The quantitative estimate of drug-likeness (QED) is 0.654. The Balaban J connectivity index is 2.01. The summed E-state index contributed by atoms with van der Waals surface area (Å²) < 4.78 is 0. The number of benzene rings is 1. The van der Waals surface area contributed by atoms with E-state index in [1.54, 1.807) is 0 Å². The third-order valence-corrected chi connectivity index (χ3v) is 4.42. The molecule has 3 nitrogen and oxygen atoms in total. The van der Waals surface area contributed by atoms with Crippen molar-refractivity contribution in [1.82, 2.24) is 10.4 Å². The number of fused-ring (bicyclic) bond motifs is 1. The SMILES string of the molecule is CC1CCC(C(NN)c2cncc3ccccc23)C1. The van der Waals surface area contributed by atoms with Gasteiger partial charge in [0, 0.05) is 17.8 Å². The van der Waals surface area contributed by atoms with Gasteiger partial charge < -0.3 is 0 Å². The van der Waals surface area contributed by atoms with Crippen LogP contribution in [-0.4, -0.2) is 4.98 Å². The van der Waals surface area contributed by atoms with Gasteiger partial charge in [0.15, 0.2) is 0 Å². The molecule has 0 amide bonds. The number of hydrogen-bond acceptors (Lipinski definition) is 3. The number of rotatable bonds is 3. The highest BCUT2D eigenvalue weighted by Gasteiger charge is 2.30.